The number of sulfonamides is 1. The van der Waals surface area contributed by atoms with Gasteiger partial charge in [0.1, 0.15) is 17.4 Å². The van der Waals surface area contributed by atoms with Gasteiger partial charge in [-0.1, -0.05) is 0 Å². The summed E-state index contributed by atoms with van der Waals surface area (Å²) in [4.78, 5) is 11.8. The minimum absolute atomic E-state index is 0.0378. The van der Waals surface area contributed by atoms with E-state index < -0.39 is 33.1 Å². The lowest BCUT2D eigenvalue weighted by Gasteiger charge is -2.09. The molecule has 0 radical (unpaired) electrons. The Labute approximate surface area is 143 Å². The number of carbonyl (C=O) groups excluding carboxylic acids is 1. The monoisotopic (exact) mass is 370 g/mol. The first-order valence-electron chi connectivity index (χ1n) is 7.20. The summed E-state index contributed by atoms with van der Waals surface area (Å²) in [5.41, 5.74) is -0.446. The molecule has 2 rings (SSSR count). The van der Waals surface area contributed by atoms with Gasteiger partial charge in [-0.2, -0.15) is 0 Å². The molecule has 0 heterocycles. The lowest BCUT2D eigenvalue weighted by atomic mass is 10.2. The molecule has 0 spiro atoms. The van der Waals surface area contributed by atoms with Crippen LogP contribution in [0.15, 0.2) is 47.4 Å². The van der Waals surface area contributed by atoms with Gasteiger partial charge in [0, 0.05) is 13.1 Å². The molecule has 25 heavy (non-hydrogen) atoms. The van der Waals surface area contributed by atoms with Crippen LogP contribution < -0.4 is 14.8 Å². The Morgan fingerprint density at radius 2 is 1.76 bits per heavy atom. The molecule has 0 aromatic heterocycles. The second-order valence-corrected chi connectivity index (χ2v) is 6.72. The zero-order valence-electron chi connectivity index (χ0n) is 13.3. The summed E-state index contributed by atoms with van der Waals surface area (Å²) in [7, 11) is -2.29. The number of ether oxygens (including phenoxy) is 1. The van der Waals surface area contributed by atoms with Crippen LogP contribution in [-0.4, -0.2) is 34.5 Å². The summed E-state index contributed by atoms with van der Waals surface area (Å²) in [6.07, 6.45) is 0. The molecule has 6 nitrogen and oxygen atoms in total. The molecule has 0 atom stereocenters. The van der Waals surface area contributed by atoms with Crippen LogP contribution in [0.5, 0.6) is 5.75 Å². The first-order chi connectivity index (χ1) is 11.8. The first kappa shape index (κ1) is 18.8. The number of amides is 1. The molecule has 0 bridgehead atoms. The van der Waals surface area contributed by atoms with Gasteiger partial charge >= 0.3 is 0 Å². The molecule has 0 aliphatic heterocycles. The highest BCUT2D eigenvalue weighted by Crippen LogP contribution is 2.15. The first-order valence-corrected chi connectivity index (χ1v) is 8.69. The lowest BCUT2D eigenvalue weighted by molar-refractivity contribution is 0.0950. The maximum absolute atomic E-state index is 13.5. The number of methoxy groups -OCH3 is 1. The van der Waals surface area contributed by atoms with Gasteiger partial charge in [-0.3, -0.25) is 4.79 Å². The summed E-state index contributed by atoms with van der Waals surface area (Å²) in [5, 5.41) is 2.32. The standard InChI is InChI=1S/C16H16F2N2O4S/c1-24-12-3-5-13(6-4-12)25(22,23)20-9-8-19-16(21)14-10-11(17)2-7-15(14)18/h2-7,10,20H,8-9H2,1H3,(H,19,21). The molecule has 2 N–H and O–H groups in total. The molecule has 0 aliphatic rings. The van der Waals surface area contributed by atoms with Gasteiger partial charge in [-0.05, 0) is 42.5 Å². The van der Waals surface area contributed by atoms with Crippen molar-refractivity contribution in [2.75, 3.05) is 20.2 Å². The quantitative estimate of drug-likeness (QED) is 0.727. The van der Waals surface area contributed by atoms with Crippen molar-refractivity contribution < 1.29 is 26.7 Å². The number of rotatable bonds is 7. The number of halogens is 2. The average molecular weight is 370 g/mol. The van der Waals surface area contributed by atoms with Crippen molar-refractivity contribution in [3.63, 3.8) is 0 Å². The SMILES string of the molecule is COc1ccc(S(=O)(=O)NCCNC(=O)c2cc(F)ccc2F)cc1. The van der Waals surface area contributed by atoms with E-state index in [9.17, 15) is 22.0 Å². The number of benzene rings is 2. The molecule has 0 unspecified atom stereocenters. The van der Waals surface area contributed by atoms with E-state index in [1.165, 1.54) is 31.4 Å². The van der Waals surface area contributed by atoms with E-state index in [1.54, 1.807) is 0 Å². The van der Waals surface area contributed by atoms with Crippen molar-refractivity contribution in [1.82, 2.24) is 10.0 Å². The minimum Gasteiger partial charge on any atom is -0.497 e. The van der Waals surface area contributed by atoms with Crippen LogP contribution in [0.25, 0.3) is 0 Å². The van der Waals surface area contributed by atoms with Crippen LogP contribution in [0.2, 0.25) is 0 Å². The summed E-state index contributed by atoms with van der Waals surface area (Å²) in [5.74, 6) is -1.92. The van der Waals surface area contributed by atoms with Crippen LogP contribution in [0.3, 0.4) is 0 Å². The third-order valence-electron chi connectivity index (χ3n) is 3.25. The largest absolute Gasteiger partial charge is 0.497 e. The fourth-order valence-corrected chi connectivity index (χ4v) is 3.00. The van der Waals surface area contributed by atoms with E-state index in [0.29, 0.717) is 5.75 Å². The third-order valence-corrected chi connectivity index (χ3v) is 4.72. The predicted octanol–water partition coefficient (Wildman–Crippen LogP) is 1.68. The fourth-order valence-electron chi connectivity index (χ4n) is 1.97. The number of hydrogen-bond acceptors (Lipinski definition) is 4. The number of carbonyl (C=O) groups is 1. The van der Waals surface area contributed by atoms with E-state index in [0.717, 1.165) is 18.2 Å². The maximum atomic E-state index is 13.5. The van der Waals surface area contributed by atoms with Gasteiger partial charge in [0.2, 0.25) is 10.0 Å². The molecule has 2 aromatic carbocycles. The van der Waals surface area contributed by atoms with E-state index >= 15 is 0 Å². The molecule has 0 saturated heterocycles. The second kappa shape index (κ2) is 8.04. The minimum atomic E-state index is -3.75. The van der Waals surface area contributed by atoms with E-state index in [2.05, 4.69) is 10.0 Å². The summed E-state index contributed by atoms with van der Waals surface area (Å²) in [6, 6.07) is 8.27. The van der Waals surface area contributed by atoms with Crippen LogP contribution in [0, 0.1) is 11.6 Å². The lowest BCUT2D eigenvalue weighted by Crippen LogP contribution is -2.35. The van der Waals surface area contributed by atoms with Crippen molar-refractivity contribution in [3.05, 3.63) is 59.7 Å². The van der Waals surface area contributed by atoms with Crippen molar-refractivity contribution >= 4 is 15.9 Å². The Kier molecular flexibility index (Phi) is 6.05. The molecule has 1 amide bonds. The molecular weight excluding hydrogens is 354 g/mol. The highest BCUT2D eigenvalue weighted by atomic mass is 32.2. The Hall–Kier alpha value is -2.52. The molecule has 134 valence electrons. The Morgan fingerprint density at radius 1 is 1.08 bits per heavy atom. The van der Waals surface area contributed by atoms with Crippen molar-refractivity contribution in [2.45, 2.75) is 4.90 Å². The smallest absolute Gasteiger partial charge is 0.254 e. The normalized spacial score (nSPS) is 11.2. The van der Waals surface area contributed by atoms with Crippen molar-refractivity contribution in [1.29, 1.82) is 0 Å². The summed E-state index contributed by atoms with van der Waals surface area (Å²) < 4.78 is 57.9. The van der Waals surface area contributed by atoms with Crippen LogP contribution in [-0.2, 0) is 10.0 Å². The summed E-state index contributed by atoms with van der Waals surface area (Å²) >= 11 is 0. The molecular formula is C16H16F2N2O4S. The van der Waals surface area contributed by atoms with E-state index in [1.807, 2.05) is 0 Å². The zero-order valence-corrected chi connectivity index (χ0v) is 14.1. The van der Waals surface area contributed by atoms with Crippen molar-refractivity contribution in [2.24, 2.45) is 0 Å². The zero-order chi connectivity index (χ0) is 18.4. The van der Waals surface area contributed by atoms with Gasteiger partial charge in [-0.25, -0.2) is 21.9 Å². The van der Waals surface area contributed by atoms with Crippen molar-refractivity contribution in [3.8, 4) is 5.75 Å². The molecule has 9 heteroatoms. The summed E-state index contributed by atoms with van der Waals surface area (Å²) in [6.45, 7) is -0.207. The Balaban J connectivity index is 1.89. The highest BCUT2D eigenvalue weighted by Gasteiger charge is 2.15. The Morgan fingerprint density at radius 3 is 2.40 bits per heavy atom. The van der Waals surface area contributed by atoms with Crippen LogP contribution in [0.1, 0.15) is 10.4 Å². The highest BCUT2D eigenvalue weighted by molar-refractivity contribution is 7.89. The molecule has 2 aromatic rings. The molecule has 0 fully saturated rings. The van der Waals surface area contributed by atoms with Gasteiger partial charge < -0.3 is 10.1 Å². The second-order valence-electron chi connectivity index (χ2n) is 4.95. The van der Waals surface area contributed by atoms with E-state index in [4.69, 9.17) is 4.74 Å². The topological polar surface area (TPSA) is 84.5 Å². The van der Waals surface area contributed by atoms with Gasteiger partial charge in [0.05, 0.1) is 17.6 Å². The van der Waals surface area contributed by atoms with Gasteiger partial charge in [-0.15, -0.1) is 0 Å². The van der Waals surface area contributed by atoms with Crippen LogP contribution in [0.4, 0.5) is 8.78 Å². The van der Waals surface area contributed by atoms with E-state index in [-0.39, 0.29) is 18.0 Å². The Bertz CT molecular complexity index is 855. The average Bonchev–Trinajstić information content (AvgIpc) is 2.60. The van der Waals surface area contributed by atoms with Gasteiger partial charge in [0.25, 0.3) is 5.91 Å². The molecule has 0 aliphatic carbocycles. The van der Waals surface area contributed by atoms with Gasteiger partial charge in [0.15, 0.2) is 0 Å². The van der Waals surface area contributed by atoms with Crippen LogP contribution >= 0.6 is 0 Å². The third kappa shape index (κ3) is 4.97. The number of nitrogens with one attached hydrogen (secondary N) is 2. The fraction of sp³-hybridized carbons (Fsp3) is 0.188. The molecule has 0 saturated carbocycles. The maximum Gasteiger partial charge on any atom is 0.254 e. The number of hydrogen-bond donors (Lipinski definition) is 2. The predicted molar refractivity (Wildman–Crippen MR) is 86.9 cm³/mol.